The largest absolute Gasteiger partial charge is 0.457 e. The minimum Gasteiger partial charge on any atom is -0.457 e. The van der Waals surface area contributed by atoms with Crippen LogP contribution in [0.15, 0.2) is 109 Å². The van der Waals surface area contributed by atoms with Crippen LogP contribution in [0.2, 0.25) is 0 Å². The SMILES string of the molecule is CC/C=C\C/C=C\C/C=C\C/C=C\C/C=C\C/C=C\CCCCCCCCCOCC(COC1OC(CO)C(O)C(OS(=O)(=O)O)C1O)OC(=O)CCCCC/C=C\C/C=C\C/C=C\CC. The van der Waals surface area contributed by atoms with Crippen LogP contribution in [0.1, 0.15) is 155 Å². The van der Waals surface area contributed by atoms with Crippen molar-refractivity contribution >= 4 is 16.4 Å². The van der Waals surface area contributed by atoms with Crippen LogP contribution in [0.3, 0.4) is 0 Å². The Morgan fingerprint density at radius 2 is 1.00 bits per heavy atom. The fourth-order valence-electron chi connectivity index (χ4n) is 6.75. The highest BCUT2D eigenvalue weighted by Gasteiger charge is 2.48. The molecule has 0 aliphatic carbocycles. The number of hydrogen-bond acceptors (Lipinski definition) is 11. The molecule has 4 N–H and O–H groups in total. The van der Waals surface area contributed by atoms with E-state index in [1.807, 2.05) is 0 Å². The van der Waals surface area contributed by atoms with Crippen molar-refractivity contribution in [2.45, 2.75) is 192 Å². The van der Waals surface area contributed by atoms with E-state index in [9.17, 15) is 33.1 Å². The summed E-state index contributed by atoms with van der Waals surface area (Å²) in [6.07, 6.45) is 51.3. The summed E-state index contributed by atoms with van der Waals surface area (Å²) in [5.41, 5.74) is 0. The van der Waals surface area contributed by atoms with Crippen LogP contribution in [0.5, 0.6) is 0 Å². The normalized spacial score (nSPS) is 20.5. The Kier molecular flexibility index (Phi) is 39.7. The molecule has 1 fully saturated rings. The predicted molar refractivity (Wildman–Crippen MR) is 266 cm³/mol. The molecule has 12 nitrogen and oxygen atoms in total. The molecule has 66 heavy (non-hydrogen) atoms. The van der Waals surface area contributed by atoms with E-state index < -0.39 is 59.8 Å². The third-order valence-corrected chi connectivity index (χ3v) is 10.9. The molecule has 0 saturated carbocycles. The minimum atomic E-state index is -5.08. The first kappa shape index (κ1) is 60.8. The average Bonchev–Trinajstić information content (AvgIpc) is 3.29. The number of esters is 1. The highest BCUT2D eigenvalue weighted by Crippen LogP contribution is 2.26. The monoisotopic (exact) mass is 947 g/mol. The second kappa shape index (κ2) is 43.1. The van der Waals surface area contributed by atoms with Crippen LogP contribution in [0, 0.1) is 0 Å². The van der Waals surface area contributed by atoms with Crippen LogP contribution in [0.25, 0.3) is 0 Å². The molecule has 1 heterocycles. The van der Waals surface area contributed by atoms with E-state index in [2.05, 4.69) is 127 Å². The number of carbonyl (C=O) groups excluding carboxylic acids is 1. The number of rotatable bonds is 41. The summed E-state index contributed by atoms with van der Waals surface area (Å²) < 4.78 is 59.1. The first-order chi connectivity index (χ1) is 32.1. The van der Waals surface area contributed by atoms with Crippen LogP contribution in [0.4, 0.5) is 0 Å². The number of ether oxygens (including phenoxy) is 4. The summed E-state index contributed by atoms with van der Waals surface area (Å²) in [5.74, 6) is -0.438. The lowest BCUT2D eigenvalue weighted by Crippen LogP contribution is -2.60. The Morgan fingerprint density at radius 3 is 1.45 bits per heavy atom. The second-order valence-electron chi connectivity index (χ2n) is 16.3. The third-order valence-electron chi connectivity index (χ3n) is 10.4. The van der Waals surface area contributed by atoms with Gasteiger partial charge in [-0.1, -0.05) is 162 Å². The summed E-state index contributed by atoms with van der Waals surface area (Å²) in [5, 5.41) is 30.7. The summed E-state index contributed by atoms with van der Waals surface area (Å²) in [4.78, 5) is 12.8. The second-order valence-corrected chi connectivity index (χ2v) is 17.3. The lowest BCUT2D eigenvalue weighted by molar-refractivity contribution is -0.301. The molecule has 6 atom stereocenters. The Balaban J connectivity index is 2.37. The van der Waals surface area contributed by atoms with Crippen LogP contribution in [-0.4, -0.2) is 97.5 Å². The zero-order chi connectivity index (χ0) is 48.2. The molecule has 1 aliphatic rings. The maximum Gasteiger partial charge on any atom is 0.397 e. The molecule has 0 aromatic rings. The smallest absolute Gasteiger partial charge is 0.397 e. The van der Waals surface area contributed by atoms with Crippen molar-refractivity contribution in [1.29, 1.82) is 0 Å². The van der Waals surface area contributed by atoms with E-state index in [1.165, 1.54) is 19.3 Å². The molecule has 1 aliphatic heterocycles. The van der Waals surface area contributed by atoms with Gasteiger partial charge in [-0.25, -0.2) is 4.18 Å². The summed E-state index contributed by atoms with van der Waals surface area (Å²) in [6, 6.07) is 0. The van der Waals surface area contributed by atoms with Gasteiger partial charge in [0.25, 0.3) is 0 Å². The van der Waals surface area contributed by atoms with Gasteiger partial charge in [0.1, 0.15) is 30.5 Å². The molecule has 13 heteroatoms. The van der Waals surface area contributed by atoms with Crippen molar-refractivity contribution in [3.63, 3.8) is 0 Å². The fourth-order valence-corrected chi connectivity index (χ4v) is 7.26. The van der Waals surface area contributed by atoms with Gasteiger partial charge in [0, 0.05) is 13.0 Å². The minimum absolute atomic E-state index is 0.00822. The van der Waals surface area contributed by atoms with Crippen molar-refractivity contribution in [1.82, 2.24) is 0 Å². The van der Waals surface area contributed by atoms with Crippen molar-refractivity contribution in [3.8, 4) is 0 Å². The maximum atomic E-state index is 12.8. The van der Waals surface area contributed by atoms with Crippen molar-refractivity contribution in [3.05, 3.63) is 109 Å². The van der Waals surface area contributed by atoms with E-state index in [1.54, 1.807) is 0 Å². The number of hydrogen-bond donors (Lipinski definition) is 4. The Hall–Kier alpha value is -3.24. The topological polar surface area (TPSA) is 178 Å². The van der Waals surface area contributed by atoms with Gasteiger partial charge in [0.2, 0.25) is 0 Å². The Labute approximate surface area is 398 Å². The average molecular weight is 947 g/mol. The lowest BCUT2D eigenvalue weighted by Gasteiger charge is -2.41. The molecule has 0 radical (unpaired) electrons. The van der Waals surface area contributed by atoms with Gasteiger partial charge in [0.05, 0.1) is 19.8 Å². The first-order valence-corrected chi connectivity index (χ1v) is 26.0. The van der Waals surface area contributed by atoms with Crippen molar-refractivity contribution in [2.24, 2.45) is 0 Å². The predicted octanol–water partition coefficient (Wildman–Crippen LogP) is 11.2. The van der Waals surface area contributed by atoms with Gasteiger partial charge >= 0.3 is 16.4 Å². The fraction of sp³-hybridized carbons (Fsp3) is 0.642. The van der Waals surface area contributed by atoms with E-state index in [4.69, 9.17) is 18.9 Å². The lowest BCUT2D eigenvalue weighted by atomic mass is 9.99. The highest BCUT2D eigenvalue weighted by atomic mass is 32.3. The maximum absolute atomic E-state index is 12.8. The van der Waals surface area contributed by atoms with Gasteiger partial charge < -0.3 is 34.3 Å². The molecule has 0 bridgehead atoms. The number of aliphatic hydroxyl groups is 3. The number of carbonyl (C=O) groups is 1. The number of aliphatic hydroxyl groups excluding tert-OH is 3. The number of allylic oxidation sites excluding steroid dienone is 18. The summed E-state index contributed by atoms with van der Waals surface area (Å²) in [7, 11) is -5.08. The standard InChI is InChI=1S/C53H86O12S/c1-3-5-7-9-11-13-15-17-18-19-20-21-22-23-24-25-26-27-28-29-31-33-35-37-39-41-43-61-45-47(46-62-53-51(57)52(65-66(58,59)60)50(56)48(44-54)64-53)63-49(55)42-40-38-36-34-32-30-16-14-12-10-8-6-4-2/h5-8,11-14,17-18,20-21,23-24,26-27,30,32,47-48,50-54,56-57H,3-4,9-10,15-16,19,22,25,28-29,31,33-46H2,1-2H3,(H,58,59,60)/b7-5-,8-6-,13-11-,14-12-,18-17-,21-20-,24-23-,27-26-,32-30-. The molecule has 0 amide bonds. The molecule has 1 saturated heterocycles. The zero-order valence-corrected chi connectivity index (χ0v) is 41.0. The van der Waals surface area contributed by atoms with Gasteiger partial charge in [0.15, 0.2) is 6.29 Å². The van der Waals surface area contributed by atoms with Gasteiger partial charge in [-0.3, -0.25) is 9.35 Å². The Morgan fingerprint density at radius 1 is 0.576 bits per heavy atom. The molecular weight excluding hydrogens is 861 g/mol. The quantitative estimate of drug-likeness (QED) is 0.0198. The summed E-state index contributed by atoms with van der Waals surface area (Å²) in [6.45, 7) is 3.67. The first-order valence-electron chi connectivity index (χ1n) is 24.6. The Bertz CT molecular complexity index is 1560. The van der Waals surface area contributed by atoms with Gasteiger partial charge in [-0.15, -0.1) is 0 Å². The van der Waals surface area contributed by atoms with Crippen molar-refractivity contribution < 1.29 is 56.2 Å². The van der Waals surface area contributed by atoms with Crippen LogP contribution < -0.4 is 0 Å². The molecule has 0 aromatic heterocycles. The highest BCUT2D eigenvalue weighted by molar-refractivity contribution is 7.80. The summed E-state index contributed by atoms with van der Waals surface area (Å²) >= 11 is 0. The van der Waals surface area contributed by atoms with Gasteiger partial charge in [-0.2, -0.15) is 8.42 Å². The van der Waals surface area contributed by atoms with Crippen molar-refractivity contribution in [2.75, 3.05) is 26.4 Å². The molecule has 376 valence electrons. The molecule has 1 rings (SSSR count). The zero-order valence-electron chi connectivity index (χ0n) is 40.2. The number of unbranched alkanes of at least 4 members (excludes halogenated alkanes) is 10. The van der Waals surface area contributed by atoms with E-state index in [0.29, 0.717) is 13.0 Å². The molecule has 6 unspecified atom stereocenters. The van der Waals surface area contributed by atoms with E-state index in [-0.39, 0.29) is 19.6 Å². The third kappa shape index (κ3) is 35.9. The van der Waals surface area contributed by atoms with E-state index >= 15 is 0 Å². The van der Waals surface area contributed by atoms with Crippen LogP contribution >= 0.6 is 0 Å². The van der Waals surface area contributed by atoms with Crippen LogP contribution in [-0.2, 0) is 38.3 Å². The molecule has 0 aromatic carbocycles. The molecule has 0 spiro atoms. The van der Waals surface area contributed by atoms with Gasteiger partial charge in [-0.05, 0) is 96.3 Å². The molecular formula is C53H86O12S. The van der Waals surface area contributed by atoms with E-state index in [0.717, 1.165) is 109 Å².